The van der Waals surface area contributed by atoms with Crippen molar-refractivity contribution in [1.82, 2.24) is 14.9 Å². The lowest BCUT2D eigenvalue weighted by atomic mass is 10.2. The van der Waals surface area contributed by atoms with Crippen LogP contribution in [-0.2, 0) is 9.84 Å². The third-order valence-corrected chi connectivity index (χ3v) is 8.00. The highest BCUT2D eigenvalue weighted by atomic mass is 79.9. The van der Waals surface area contributed by atoms with Crippen molar-refractivity contribution in [2.75, 3.05) is 30.5 Å². The maximum absolute atomic E-state index is 12.6. The summed E-state index contributed by atoms with van der Waals surface area (Å²) in [5.41, 5.74) is 1.69. The van der Waals surface area contributed by atoms with Crippen molar-refractivity contribution in [1.29, 1.82) is 0 Å². The molecule has 0 bridgehead atoms. The number of anilines is 1. The molecular formula is C18H19BrN4O3S2. The normalized spacial score (nSPS) is 18.5. The highest BCUT2D eigenvalue weighted by Crippen LogP contribution is 2.33. The number of hydrogen-bond donors (Lipinski definition) is 1. The van der Waals surface area contributed by atoms with Crippen LogP contribution in [0.2, 0.25) is 0 Å². The molecular weight excluding hydrogens is 464 g/mol. The Morgan fingerprint density at radius 1 is 1.32 bits per heavy atom. The number of hydrogen-bond acceptors (Lipinski definition) is 6. The Morgan fingerprint density at radius 2 is 2.04 bits per heavy atom. The Morgan fingerprint density at radius 3 is 2.64 bits per heavy atom. The van der Waals surface area contributed by atoms with Crippen LogP contribution < -0.4 is 10.2 Å². The number of halogens is 1. The summed E-state index contributed by atoms with van der Waals surface area (Å²) in [6.45, 7) is 0. The van der Waals surface area contributed by atoms with Crippen molar-refractivity contribution in [2.45, 2.75) is 12.5 Å². The number of rotatable bonds is 4. The van der Waals surface area contributed by atoms with E-state index in [2.05, 4.69) is 26.2 Å². The van der Waals surface area contributed by atoms with Crippen molar-refractivity contribution >= 4 is 59.3 Å². The zero-order valence-electron chi connectivity index (χ0n) is 15.3. The molecule has 1 fully saturated rings. The maximum atomic E-state index is 12.6. The van der Waals surface area contributed by atoms with Crippen LogP contribution in [0.25, 0.3) is 16.0 Å². The summed E-state index contributed by atoms with van der Waals surface area (Å²) in [7, 11) is 0.816. The van der Waals surface area contributed by atoms with Gasteiger partial charge in [-0.15, -0.1) is 11.3 Å². The Kier molecular flexibility index (Phi) is 4.96. The predicted molar refractivity (Wildman–Crippen MR) is 115 cm³/mol. The largest absolute Gasteiger partial charge is 0.348 e. The molecule has 148 valence electrons. The van der Waals surface area contributed by atoms with Crippen LogP contribution >= 0.6 is 27.3 Å². The van der Waals surface area contributed by atoms with Crippen molar-refractivity contribution in [3.05, 3.63) is 39.7 Å². The molecule has 0 saturated carbocycles. The van der Waals surface area contributed by atoms with Gasteiger partial charge in [0.1, 0.15) is 10.3 Å². The molecule has 0 aliphatic carbocycles. The molecule has 28 heavy (non-hydrogen) atoms. The molecule has 1 aliphatic heterocycles. The highest BCUT2D eigenvalue weighted by molar-refractivity contribution is 9.10. The van der Waals surface area contributed by atoms with Crippen molar-refractivity contribution in [3.63, 3.8) is 0 Å². The molecule has 1 N–H and O–H groups in total. The Labute approximate surface area is 175 Å². The molecule has 0 spiro atoms. The van der Waals surface area contributed by atoms with E-state index in [4.69, 9.17) is 0 Å². The van der Waals surface area contributed by atoms with E-state index in [9.17, 15) is 13.2 Å². The molecule has 3 heterocycles. The molecule has 1 amide bonds. The molecule has 7 nitrogen and oxygen atoms in total. The standard InChI is InChI=1S/C18H19BrN4O3S2/c1-22(2)18-21-14-9-15(16(24)20-12-7-8-28(25,26)10-12)27-17(14)23(18)13-5-3-11(19)4-6-13/h3-6,9,12H,7-8,10H2,1-2H3,(H,20,24). The summed E-state index contributed by atoms with van der Waals surface area (Å²) < 4.78 is 26.2. The molecule has 1 saturated heterocycles. The van der Waals surface area contributed by atoms with E-state index in [0.717, 1.165) is 26.5 Å². The van der Waals surface area contributed by atoms with Gasteiger partial charge in [-0.25, -0.2) is 13.4 Å². The van der Waals surface area contributed by atoms with Gasteiger partial charge in [-0.2, -0.15) is 0 Å². The van der Waals surface area contributed by atoms with Gasteiger partial charge < -0.3 is 10.2 Å². The lowest BCUT2D eigenvalue weighted by molar-refractivity contribution is 0.0945. The van der Waals surface area contributed by atoms with Crippen LogP contribution in [0.15, 0.2) is 34.8 Å². The van der Waals surface area contributed by atoms with E-state index >= 15 is 0 Å². The molecule has 1 aromatic carbocycles. The van der Waals surface area contributed by atoms with E-state index < -0.39 is 9.84 Å². The first-order valence-electron chi connectivity index (χ1n) is 8.70. The highest BCUT2D eigenvalue weighted by Gasteiger charge is 2.30. The minimum Gasteiger partial charge on any atom is -0.348 e. The molecule has 4 rings (SSSR count). The van der Waals surface area contributed by atoms with Gasteiger partial charge in [-0.05, 0) is 36.8 Å². The molecule has 1 unspecified atom stereocenters. The average molecular weight is 483 g/mol. The van der Waals surface area contributed by atoms with Gasteiger partial charge in [0.2, 0.25) is 5.95 Å². The number of carbonyl (C=O) groups is 1. The Bertz CT molecular complexity index is 1150. The topological polar surface area (TPSA) is 84.3 Å². The fourth-order valence-electron chi connectivity index (χ4n) is 3.26. The number of imidazole rings is 1. The number of sulfone groups is 1. The summed E-state index contributed by atoms with van der Waals surface area (Å²) in [4.78, 5) is 20.6. The third kappa shape index (κ3) is 3.68. The number of aromatic nitrogens is 2. The number of fused-ring (bicyclic) bond motifs is 1. The van der Waals surface area contributed by atoms with Crippen LogP contribution in [0.5, 0.6) is 0 Å². The number of benzene rings is 1. The molecule has 0 radical (unpaired) electrons. The van der Waals surface area contributed by atoms with E-state index in [1.54, 1.807) is 6.07 Å². The summed E-state index contributed by atoms with van der Waals surface area (Å²) in [5, 5.41) is 2.84. The summed E-state index contributed by atoms with van der Waals surface area (Å²) in [6.07, 6.45) is 0.465. The lowest BCUT2D eigenvalue weighted by Crippen LogP contribution is -2.35. The molecule has 1 aliphatic rings. The first kappa shape index (κ1) is 19.4. The first-order valence-corrected chi connectivity index (χ1v) is 12.1. The Balaban J connectivity index is 1.69. The predicted octanol–water partition coefficient (Wildman–Crippen LogP) is 2.83. The quantitative estimate of drug-likeness (QED) is 0.617. The van der Waals surface area contributed by atoms with Crippen molar-refractivity contribution in [2.24, 2.45) is 0 Å². The molecule has 2 aromatic heterocycles. The zero-order valence-corrected chi connectivity index (χ0v) is 18.6. The first-order chi connectivity index (χ1) is 13.2. The molecule has 1 atom stereocenters. The van der Waals surface area contributed by atoms with E-state index in [-0.39, 0.29) is 23.5 Å². The van der Waals surface area contributed by atoms with Crippen molar-refractivity contribution < 1.29 is 13.2 Å². The molecule has 3 aromatic rings. The number of amides is 1. The minimum atomic E-state index is -3.04. The second-order valence-corrected chi connectivity index (χ2v) is 11.2. The van der Waals surface area contributed by atoms with Crippen LogP contribution in [0, 0.1) is 0 Å². The number of nitrogens with zero attached hydrogens (tertiary/aromatic N) is 3. The summed E-state index contributed by atoms with van der Waals surface area (Å²) >= 11 is 4.80. The van der Waals surface area contributed by atoms with Crippen LogP contribution in [0.1, 0.15) is 16.1 Å². The SMILES string of the molecule is CN(C)c1nc2cc(C(=O)NC3CCS(=O)(=O)C3)sc2n1-c1ccc(Br)cc1. The van der Waals surface area contributed by atoms with E-state index in [1.807, 2.05) is 47.8 Å². The zero-order chi connectivity index (χ0) is 20.1. The van der Waals surface area contributed by atoms with Gasteiger partial charge in [-0.3, -0.25) is 9.36 Å². The van der Waals surface area contributed by atoms with Gasteiger partial charge in [0.05, 0.1) is 16.4 Å². The number of nitrogens with one attached hydrogen (secondary N) is 1. The van der Waals surface area contributed by atoms with E-state index in [0.29, 0.717) is 11.3 Å². The van der Waals surface area contributed by atoms with Crippen LogP contribution in [0.4, 0.5) is 5.95 Å². The van der Waals surface area contributed by atoms with Crippen molar-refractivity contribution in [3.8, 4) is 5.69 Å². The smallest absolute Gasteiger partial charge is 0.261 e. The fourth-order valence-corrected chi connectivity index (χ4v) is 6.22. The van der Waals surface area contributed by atoms with Gasteiger partial charge >= 0.3 is 0 Å². The maximum Gasteiger partial charge on any atom is 0.261 e. The van der Waals surface area contributed by atoms with Gasteiger partial charge in [0.15, 0.2) is 9.84 Å². The third-order valence-electron chi connectivity index (χ3n) is 4.59. The summed E-state index contributed by atoms with van der Waals surface area (Å²) in [5.74, 6) is 0.668. The number of carbonyl (C=O) groups excluding carboxylic acids is 1. The summed E-state index contributed by atoms with van der Waals surface area (Å²) in [6, 6.07) is 9.34. The second kappa shape index (κ2) is 7.16. The fraction of sp³-hybridized carbons (Fsp3) is 0.333. The Hall–Kier alpha value is -1.91. The van der Waals surface area contributed by atoms with Gasteiger partial charge in [0, 0.05) is 30.3 Å². The van der Waals surface area contributed by atoms with Gasteiger partial charge in [0.25, 0.3) is 5.91 Å². The van der Waals surface area contributed by atoms with Gasteiger partial charge in [-0.1, -0.05) is 15.9 Å². The lowest BCUT2D eigenvalue weighted by Gasteiger charge is -2.15. The van der Waals surface area contributed by atoms with E-state index in [1.165, 1.54) is 11.3 Å². The average Bonchev–Trinajstić information content (AvgIpc) is 3.27. The van der Waals surface area contributed by atoms with Crippen LogP contribution in [-0.4, -0.2) is 55.5 Å². The minimum absolute atomic E-state index is 0.0117. The number of thiophene rings is 1. The van der Waals surface area contributed by atoms with Crippen LogP contribution in [0.3, 0.4) is 0 Å². The monoisotopic (exact) mass is 482 g/mol. The second-order valence-electron chi connectivity index (χ2n) is 6.99. The molecule has 10 heteroatoms.